The minimum Gasteiger partial charge on any atom is -0.338 e. The molecule has 6 nitrogen and oxygen atoms in total. The lowest BCUT2D eigenvalue weighted by Crippen LogP contribution is -1.89. The highest BCUT2D eigenvalue weighted by atomic mass is 19.1. The van der Waals surface area contributed by atoms with Crippen molar-refractivity contribution in [3.05, 3.63) is 84.6 Å². The number of nitrogens with zero attached hydrogens (tertiary/aromatic N) is 4. The van der Waals surface area contributed by atoms with Crippen LogP contribution in [-0.2, 0) is 0 Å². The van der Waals surface area contributed by atoms with E-state index in [1.807, 2.05) is 43.5 Å². The van der Waals surface area contributed by atoms with Crippen molar-refractivity contribution in [1.82, 2.24) is 30.1 Å². The van der Waals surface area contributed by atoms with Crippen molar-refractivity contribution in [2.75, 3.05) is 0 Å². The van der Waals surface area contributed by atoms with Crippen molar-refractivity contribution < 1.29 is 4.39 Å². The van der Waals surface area contributed by atoms with Crippen LogP contribution in [0.5, 0.6) is 0 Å². The lowest BCUT2D eigenvalue weighted by atomic mass is 10.0. The van der Waals surface area contributed by atoms with E-state index in [1.54, 1.807) is 24.5 Å². The average molecular weight is 420 g/mol. The van der Waals surface area contributed by atoms with E-state index in [1.165, 1.54) is 12.1 Å². The standard InChI is InChI=1S/C25H17FN6/c1-14-8-10-27-13-19(14)20-6-7-21-23(29-20)24(32-31-21)22-12-18-17(9-11-28-25(18)30-22)15-2-4-16(26)5-3-15/h2-13H,1H3,(H,28,30)(H,31,32). The Hall–Kier alpha value is -4.39. The number of H-pyrrole nitrogens is 2. The predicted octanol–water partition coefficient (Wildman–Crippen LogP) is 5.68. The van der Waals surface area contributed by atoms with Gasteiger partial charge in [-0.05, 0) is 66.1 Å². The third kappa shape index (κ3) is 2.94. The molecule has 5 heterocycles. The van der Waals surface area contributed by atoms with E-state index >= 15 is 0 Å². The maximum Gasteiger partial charge on any atom is 0.138 e. The Balaban J connectivity index is 1.51. The number of benzene rings is 1. The normalized spacial score (nSPS) is 11.4. The number of aryl methyl sites for hydroxylation is 1. The minimum absolute atomic E-state index is 0.262. The molecule has 32 heavy (non-hydrogen) atoms. The minimum atomic E-state index is -0.262. The predicted molar refractivity (Wildman–Crippen MR) is 122 cm³/mol. The zero-order chi connectivity index (χ0) is 21.7. The maximum absolute atomic E-state index is 13.4. The van der Waals surface area contributed by atoms with E-state index in [9.17, 15) is 4.39 Å². The second-order valence-electron chi connectivity index (χ2n) is 7.67. The van der Waals surface area contributed by atoms with E-state index in [0.717, 1.165) is 55.7 Å². The van der Waals surface area contributed by atoms with Gasteiger partial charge in [-0.1, -0.05) is 12.1 Å². The first-order valence-corrected chi connectivity index (χ1v) is 10.2. The summed E-state index contributed by atoms with van der Waals surface area (Å²) in [6.45, 7) is 2.04. The van der Waals surface area contributed by atoms with Crippen LogP contribution in [0.4, 0.5) is 4.39 Å². The highest BCUT2D eigenvalue weighted by Gasteiger charge is 2.16. The molecule has 0 aliphatic rings. The quantitative estimate of drug-likeness (QED) is 0.386. The van der Waals surface area contributed by atoms with E-state index in [2.05, 4.69) is 25.1 Å². The zero-order valence-corrected chi connectivity index (χ0v) is 17.1. The number of aromatic nitrogens is 6. The maximum atomic E-state index is 13.4. The van der Waals surface area contributed by atoms with Crippen LogP contribution in [-0.4, -0.2) is 30.1 Å². The van der Waals surface area contributed by atoms with E-state index in [0.29, 0.717) is 5.69 Å². The first-order chi connectivity index (χ1) is 15.7. The van der Waals surface area contributed by atoms with Gasteiger partial charge in [0, 0.05) is 29.5 Å². The average Bonchev–Trinajstić information content (AvgIpc) is 3.43. The van der Waals surface area contributed by atoms with E-state index < -0.39 is 0 Å². The molecule has 0 fully saturated rings. The number of hydrogen-bond donors (Lipinski definition) is 2. The third-order valence-electron chi connectivity index (χ3n) is 5.66. The van der Waals surface area contributed by atoms with Gasteiger partial charge in [-0.3, -0.25) is 10.1 Å². The van der Waals surface area contributed by atoms with Crippen LogP contribution >= 0.6 is 0 Å². The van der Waals surface area contributed by atoms with Gasteiger partial charge >= 0.3 is 0 Å². The molecular weight excluding hydrogens is 403 g/mol. The zero-order valence-electron chi connectivity index (χ0n) is 17.1. The number of nitrogens with one attached hydrogen (secondary N) is 2. The fraction of sp³-hybridized carbons (Fsp3) is 0.0400. The van der Waals surface area contributed by atoms with Crippen molar-refractivity contribution in [2.24, 2.45) is 0 Å². The smallest absolute Gasteiger partial charge is 0.138 e. The molecule has 7 heteroatoms. The van der Waals surface area contributed by atoms with Gasteiger partial charge in [0.05, 0.1) is 16.9 Å². The molecule has 154 valence electrons. The van der Waals surface area contributed by atoms with Crippen LogP contribution in [0.1, 0.15) is 5.56 Å². The number of halogens is 1. The summed E-state index contributed by atoms with van der Waals surface area (Å²) in [4.78, 5) is 17.0. The fourth-order valence-electron chi connectivity index (χ4n) is 4.00. The van der Waals surface area contributed by atoms with Gasteiger partial charge in [0.1, 0.15) is 22.7 Å². The summed E-state index contributed by atoms with van der Waals surface area (Å²) in [5, 5.41) is 8.52. The van der Waals surface area contributed by atoms with Crippen LogP contribution in [0.3, 0.4) is 0 Å². The Morgan fingerprint density at radius 3 is 2.62 bits per heavy atom. The summed E-state index contributed by atoms with van der Waals surface area (Å²) in [7, 11) is 0. The topological polar surface area (TPSA) is 83.1 Å². The summed E-state index contributed by atoms with van der Waals surface area (Å²) in [5.74, 6) is -0.262. The van der Waals surface area contributed by atoms with Crippen LogP contribution < -0.4 is 0 Å². The molecule has 0 saturated heterocycles. The molecule has 0 radical (unpaired) electrons. The Kier molecular flexibility index (Phi) is 4.07. The van der Waals surface area contributed by atoms with Gasteiger partial charge in [0.25, 0.3) is 0 Å². The molecule has 0 aliphatic carbocycles. The van der Waals surface area contributed by atoms with Crippen LogP contribution in [0.2, 0.25) is 0 Å². The van der Waals surface area contributed by atoms with Crippen LogP contribution in [0.15, 0.2) is 73.2 Å². The molecule has 0 amide bonds. The molecule has 0 aliphatic heterocycles. The van der Waals surface area contributed by atoms with Gasteiger partial charge in [0.2, 0.25) is 0 Å². The summed E-state index contributed by atoms with van der Waals surface area (Å²) in [5.41, 5.74) is 8.68. The van der Waals surface area contributed by atoms with Crippen LogP contribution in [0, 0.1) is 12.7 Å². The van der Waals surface area contributed by atoms with Gasteiger partial charge in [-0.25, -0.2) is 14.4 Å². The van der Waals surface area contributed by atoms with Gasteiger partial charge < -0.3 is 4.98 Å². The molecule has 0 saturated carbocycles. The second kappa shape index (κ2) is 7.09. The molecule has 6 rings (SSSR count). The van der Waals surface area contributed by atoms with Gasteiger partial charge in [-0.15, -0.1) is 0 Å². The second-order valence-corrected chi connectivity index (χ2v) is 7.67. The molecular formula is C25H17FN6. The molecule has 6 aromatic rings. The Bertz CT molecular complexity index is 1600. The first kappa shape index (κ1) is 18.4. The molecule has 0 unspecified atom stereocenters. The van der Waals surface area contributed by atoms with Crippen molar-refractivity contribution in [3.63, 3.8) is 0 Å². The van der Waals surface area contributed by atoms with Crippen molar-refractivity contribution in [2.45, 2.75) is 6.92 Å². The van der Waals surface area contributed by atoms with E-state index in [4.69, 9.17) is 4.98 Å². The van der Waals surface area contributed by atoms with Crippen LogP contribution in [0.25, 0.3) is 55.8 Å². The number of pyridine rings is 3. The summed E-state index contributed by atoms with van der Waals surface area (Å²) in [6, 6.07) is 16.3. The lowest BCUT2D eigenvalue weighted by Gasteiger charge is -2.04. The Morgan fingerprint density at radius 1 is 0.906 bits per heavy atom. The van der Waals surface area contributed by atoms with Crippen molar-refractivity contribution >= 4 is 22.1 Å². The largest absolute Gasteiger partial charge is 0.338 e. The fourth-order valence-corrected chi connectivity index (χ4v) is 4.00. The number of hydrogen-bond acceptors (Lipinski definition) is 4. The molecule has 0 atom stereocenters. The number of fused-ring (bicyclic) bond motifs is 2. The summed E-state index contributed by atoms with van der Waals surface area (Å²) in [6.07, 6.45) is 5.34. The SMILES string of the molecule is Cc1ccncc1-c1ccc2[nH]nc(-c3cc4c(-c5ccc(F)cc5)ccnc4[nH]3)c2n1. The Labute approximate surface area is 182 Å². The number of rotatable bonds is 3. The van der Waals surface area contributed by atoms with Crippen molar-refractivity contribution in [1.29, 1.82) is 0 Å². The van der Waals surface area contributed by atoms with Gasteiger partial charge in [-0.2, -0.15) is 5.10 Å². The Morgan fingerprint density at radius 2 is 1.78 bits per heavy atom. The van der Waals surface area contributed by atoms with Gasteiger partial charge in [0.15, 0.2) is 0 Å². The first-order valence-electron chi connectivity index (χ1n) is 10.2. The summed E-state index contributed by atoms with van der Waals surface area (Å²) >= 11 is 0. The molecule has 1 aromatic carbocycles. The third-order valence-corrected chi connectivity index (χ3v) is 5.66. The van der Waals surface area contributed by atoms with Crippen molar-refractivity contribution in [3.8, 4) is 33.8 Å². The molecule has 2 N–H and O–H groups in total. The molecule has 0 spiro atoms. The number of aromatic amines is 2. The summed E-state index contributed by atoms with van der Waals surface area (Å²) < 4.78 is 13.4. The highest BCUT2D eigenvalue weighted by molar-refractivity contribution is 5.99. The highest BCUT2D eigenvalue weighted by Crippen LogP contribution is 2.33. The monoisotopic (exact) mass is 420 g/mol. The molecule has 5 aromatic heterocycles. The lowest BCUT2D eigenvalue weighted by molar-refractivity contribution is 0.628. The molecule has 0 bridgehead atoms. The van der Waals surface area contributed by atoms with E-state index in [-0.39, 0.29) is 5.82 Å².